The number of methoxy groups -OCH3 is 1. The van der Waals surface area contributed by atoms with E-state index >= 15 is 0 Å². The fourth-order valence-corrected chi connectivity index (χ4v) is 4.07. The van der Waals surface area contributed by atoms with Crippen LogP contribution in [0.25, 0.3) is 0 Å². The highest BCUT2D eigenvalue weighted by Crippen LogP contribution is 2.32. The van der Waals surface area contributed by atoms with Crippen LogP contribution in [0.1, 0.15) is 70.4 Å². The summed E-state index contributed by atoms with van der Waals surface area (Å²) in [4.78, 5) is 27.4. The SMILES string of the molecule is CCc1cccc(CC)c1N(C(=O)CC1CCCCC1)[C@@H](C)C(=O)OC. The number of hydrogen-bond acceptors (Lipinski definition) is 3. The quantitative estimate of drug-likeness (QED) is 0.664. The fraction of sp³-hybridized carbons (Fsp3) is 0.636. The molecule has 0 unspecified atom stereocenters. The Kier molecular flexibility index (Phi) is 7.67. The Morgan fingerprint density at radius 1 is 1.12 bits per heavy atom. The molecule has 1 fully saturated rings. The molecular formula is C22H33NO3. The van der Waals surface area contributed by atoms with Crippen molar-refractivity contribution in [3.63, 3.8) is 0 Å². The Bertz CT molecular complexity index is 598. The first-order chi connectivity index (χ1) is 12.5. The van der Waals surface area contributed by atoms with Gasteiger partial charge in [0.2, 0.25) is 5.91 Å². The van der Waals surface area contributed by atoms with E-state index in [0.29, 0.717) is 12.3 Å². The van der Waals surface area contributed by atoms with Gasteiger partial charge in [-0.25, -0.2) is 4.79 Å². The van der Waals surface area contributed by atoms with Gasteiger partial charge < -0.3 is 4.74 Å². The molecule has 1 aromatic rings. The molecule has 4 nitrogen and oxygen atoms in total. The van der Waals surface area contributed by atoms with Crippen LogP contribution in [-0.4, -0.2) is 25.0 Å². The monoisotopic (exact) mass is 359 g/mol. The van der Waals surface area contributed by atoms with Crippen LogP contribution in [0.4, 0.5) is 5.69 Å². The molecule has 0 heterocycles. The fourth-order valence-electron chi connectivity index (χ4n) is 4.07. The van der Waals surface area contributed by atoms with Gasteiger partial charge in [0.15, 0.2) is 0 Å². The number of aryl methyl sites for hydroxylation is 2. The van der Waals surface area contributed by atoms with Crippen molar-refractivity contribution in [2.45, 2.75) is 78.2 Å². The lowest BCUT2D eigenvalue weighted by Crippen LogP contribution is -2.45. The van der Waals surface area contributed by atoms with Gasteiger partial charge in [-0.15, -0.1) is 0 Å². The zero-order valence-electron chi connectivity index (χ0n) is 16.7. The molecule has 0 aliphatic heterocycles. The van der Waals surface area contributed by atoms with Gasteiger partial charge in [-0.1, -0.05) is 51.3 Å². The number of para-hydroxylation sites is 1. The highest BCUT2D eigenvalue weighted by Gasteiger charge is 2.32. The highest BCUT2D eigenvalue weighted by atomic mass is 16.5. The maximum absolute atomic E-state index is 13.3. The van der Waals surface area contributed by atoms with Gasteiger partial charge in [0.25, 0.3) is 0 Å². The molecule has 0 saturated heterocycles. The Balaban J connectivity index is 2.41. The normalized spacial score (nSPS) is 16.2. The van der Waals surface area contributed by atoms with E-state index in [1.54, 1.807) is 11.8 Å². The van der Waals surface area contributed by atoms with Crippen LogP contribution < -0.4 is 4.90 Å². The number of hydrogen-bond donors (Lipinski definition) is 0. The molecule has 26 heavy (non-hydrogen) atoms. The molecule has 0 radical (unpaired) electrons. The number of carbonyl (C=O) groups excluding carboxylic acids is 2. The van der Waals surface area contributed by atoms with Crippen LogP contribution >= 0.6 is 0 Å². The van der Waals surface area contributed by atoms with E-state index in [2.05, 4.69) is 26.0 Å². The number of esters is 1. The summed E-state index contributed by atoms with van der Waals surface area (Å²) in [7, 11) is 1.38. The number of rotatable bonds is 7. The molecule has 144 valence electrons. The number of nitrogens with zero attached hydrogens (tertiary/aromatic N) is 1. The Hall–Kier alpha value is -1.84. The van der Waals surface area contributed by atoms with Crippen molar-refractivity contribution in [3.8, 4) is 0 Å². The second-order valence-corrected chi connectivity index (χ2v) is 7.30. The second kappa shape index (κ2) is 9.75. The van der Waals surface area contributed by atoms with E-state index in [9.17, 15) is 9.59 Å². The third-order valence-corrected chi connectivity index (χ3v) is 5.59. The van der Waals surface area contributed by atoms with Crippen molar-refractivity contribution in [1.82, 2.24) is 0 Å². The average molecular weight is 360 g/mol. The lowest BCUT2D eigenvalue weighted by Gasteiger charge is -2.33. The van der Waals surface area contributed by atoms with Crippen LogP contribution in [0.15, 0.2) is 18.2 Å². The third-order valence-electron chi connectivity index (χ3n) is 5.59. The largest absolute Gasteiger partial charge is 0.467 e. The van der Waals surface area contributed by atoms with Crippen LogP contribution in [0.3, 0.4) is 0 Å². The van der Waals surface area contributed by atoms with Gasteiger partial charge >= 0.3 is 5.97 Å². The van der Waals surface area contributed by atoms with Gasteiger partial charge in [0.05, 0.1) is 12.8 Å². The molecule has 0 spiro atoms. The first-order valence-electron chi connectivity index (χ1n) is 10.0. The molecule has 2 rings (SSSR count). The van der Waals surface area contributed by atoms with Crippen molar-refractivity contribution in [2.24, 2.45) is 5.92 Å². The maximum Gasteiger partial charge on any atom is 0.328 e. The zero-order chi connectivity index (χ0) is 19.1. The van der Waals surface area contributed by atoms with Gasteiger partial charge in [-0.2, -0.15) is 0 Å². The predicted molar refractivity (Wildman–Crippen MR) is 105 cm³/mol. The van der Waals surface area contributed by atoms with Crippen LogP contribution in [-0.2, 0) is 27.2 Å². The molecule has 1 aromatic carbocycles. The number of anilines is 1. The Morgan fingerprint density at radius 3 is 2.19 bits per heavy atom. The lowest BCUT2D eigenvalue weighted by molar-refractivity contribution is -0.143. The Morgan fingerprint density at radius 2 is 1.69 bits per heavy atom. The molecule has 0 N–H and O–H groups in total. The summed E-state index contributed by atoms with van der Waals surface area (Å²) < 4.78 is 4.97. The van der Waals surface area contributed by atoms with Crippen LogP contribution in [0, 0.1) is 5.92 Å². The third kappa shape index (κ3) is 4.66. The number of carbonyl (C=O) groups is 2. The lowest BCUT2D eigenvalue weighted by atomic mass is 9.86. The van der Waals surface area contributed by atoms with E-state index in [4.69, 9.17) is 4.74 Å². The summed E-state index contributed by atoms with van der Waals surface area (Å²) in [6.07, 6.45) is 8.07. The average Bonchev–Trinajstić information content (AvgIpc) is 2.68. The summed E-state index contributed by atoms with van der Waals surface area (Å²) in [5, 5.41) is 0. The van der Waals surface area contributed by atoms with Crippen molar-refractivity contribution in [1.29, 1.82) is 0 Å². The van der Waals surface area contributed by atoms with Gasteiger partial charge in [0, 0.05) is 6.42 Å². The highest BCUT2D eigenvalue weighted by molar-refractivity contribution is 6.00. The molecule has 1 aliphatic carbocycles. The predicted octanol–water partition coefficient (Wildman–Crippen LogP) is 4.68. The number of benzene rings is 1. The minimum absolute atomic E-state index is 0.0467. The topological polar surface area (TPSA) is 46.6 Å². The molecule has 1 saturated carbocycles. The number of amides is 1. The van der Waals surface area contributed by atoms with Crippen LogP contribution in [0.5, 0.6) is 0 Å². The standard InChI is InChI=1S/C22H33NO3/c1-5-18-13-10-14-19(6-2)21(18)23(16(3)22(25)26-4)20(24)15-17-11-8-7-9-12-17/h10,13-14,16-17H,5-9,11-12,15H2,1-4H3/t16-/m0/s1. The van der Waals surface area contributed by atoms with E-state index < -0.39 is 6.04 Å². The molecular weight excluding hydrogens is 326 g/mol. The first-order valence-corrected chi connectivity index (χ1v) is 10.0. The zero-order valence-corrected chi connectivity index (χ0v) is 16.7. The molecule has 0 bridgehead atoms. The number of ether oxygens (including phenoxy) is 1. The van der Waals surface area contributed by atoms with Crippen molar-refractivity contribution < 1.29 is 14.3 Å². The van der Waals surface area contributed by atoms with E-state index in [1.807, 2.05) is 6.07 Å². The summed E-state index contributed by atoms with van der Waals surface area (Å²) in [5.41, 5.74) is 3.13. The van der Waals surface area contributed by atoms with Gasteiger partial charge in [0.1, 0.15) is 6.04 Å². The van der Waals surface area contributed by atoms with Gasteiger partial charge in [-0.3, -0.25) is 9.69 Å². The van der Waals surface area contributed by atoms with Crippen LogP contribution in [0.2, 0.25) is 0 Å². The van der Waals surface area contributed by atoms with E-state index in [1.165, 1.54) is 26.4 Å². The summed E-state index contributed by atoms with van der Waals surface area (Å²) >= 11 is 0. The maximum atomic E-state index is 13.3. The van der Waals surface area contributed by atoms with Gasteiger partial charge in [-0.05, 0) is 49.7 Å². The van der Waals surface area contributed by atoms with E-state index in [-0.39, 0.29) is 11.9 Å². The molecule has 4 heteroatoms. The second-order valence-electron chi connectivity index (χ2n) is 7.30. The molecule has 1 aliphatic rings. The minimum atomic E-state index is -0.617. The minimum Gasteiger partial charge on any atom is -0.467 e. The molecule has 0 aromatic heterocycles. The van der Waals surface area contributed by atoms with Crippen molar-refractivity contribution >= 4 is 17.6 Å². The summed E-state index contributed by atoms with van der Waals surface area (Å²) in [5.74, 6) is 0.114. The molecule has 1 atom stereocenters. The summed E-state index contributed by atoms with van der Waals surface area (Å²) in [6, 6.07) is 5.53. The molecule has 1 amide bonds. The van der Waals surface area contributed by atoms with E-state index in [0.717, 1.165) is 42.5 Å². The first kappa shape index (κ1) is 20.5. The summed E-state index contributed by atoms with van der Waals surface area (Å²) in [6.45, 7) is 5.95. The van der Waals surface area contributed by atoms with Crippen molar-refractivity contribution in [2.75, 3.05) is 12.0 Å². The smallest absolute Gasteiger partial charge is 0.328 e. The Labute approximate surface area is 157 Å². The van der Waals surface area contributed by atoms with Crippen molar-refractivity contribution in [3.05, 3.63) is 29.3 Å².